The summed E-state index contributed by atoms with van der Waals surface area (Å²) in [6.07, 6.45) is 10.9. The van der Waals surface area contributed by atoms with Gasteiger partial charge < -0.3 is 0 Å². The predicted molar refractivity (Wildman–Crippen MR) is 69.4 cm³/mol. The standard InChI is InChI=1S/C15H24O/c1-4-5-6-7-8-9-12(2)15-13(3)10-11-14(15)16/h6-7,12H,4-5,8-11H2,1-3H3. The number of hydrogen-bond donors (Lipinski definition) is 0. The highest BCUT2D eigenvalue weighted by molar-refractivity contribution is 5.98. The van der Waals surface area contributed by atoms with Gasteiger partial charge in [-0.25, -0.2) is 0 Å². The molecule has 1 rings (SSSR count). The van der Waals surface area contributed by atoms with Crippen molar-refractivity contribution in [1.29, 1.82) is 0 Å². The van der Waals surface area contributed by atoms with Crippen LogP contribution in [0.4, 0.5) is 0 Å². The minimum absolute atomic E-state index is 0.391. The molecule has 16 heavy (non-hydrogen) atoms. The lowest BCUT2D eigenvalue weighted by Gasteiger charge is -2.11. The highest BCUT2D eigenvalue weighted by Gasteiger charge is 2.23. The second-order valence-corrected chi connectivity index (χ2v) is 4.86. The van der Waals surface area contributed by atoms with Crippen molar-refractivity contribution in [2.45, 2.75) is 59.3 Å². The summed E-state index contributed by atoms with van der Waals surface area (Å²) in [5.74, 6) is 0.837. The monoisotopic (exact) mass is 220 g/mol. The lowest BCUT2D eigenvalue weighted by Crippen LogP contribution is -2.06. The Hall–Kier alpha value is -0.850. The third-order valence-corrected chi connectivity index (χ3v) is 3.37. The summed E-state index contributed by atoms with van der Waals surface area (Å²) in [5, 5.41) is 0. The molecule has 0 radical (unpaired) electrons. The fourth-order valence-electron chi connectivity index (χ4n) is 2.40. The molecule has 1 aliphatic rings. The molecule has 90 valence electrons. The van der Waals surface area contributed by atoms with Crippen molar-refractivity contribution in [3.63, 3.8) is 0 Å². The highest BCUT2D eigenvalue weighted by atomic mass is 16.1. The molecule has 0 saturated heterocycles. The fraction of sp³-hybridized carbons (Fsp3) is 0.667. The number of allylic oxidation sites excluding steroid dienone is 4. The predicted octanol–water partition coefficient (Wildman–Crippen LogP) is 4.44. The van der Waals surface area contributed by atoms with E-state index in [1.165, 1.54) is 18.4 Å². The van der Waals surface area contributed by atoms with Crippen molar-refractivity contribution in [1.82, 2.24) is 0 Å². The maximum atomic E-state index is 11.7. The molecule has 1 atom stereocenters. The third-order valence-electron chi connectivity index (χ3n) is 3.37. The summed E-state index contributed by atoms with van der Waals surface area (Å²) in [5.41, 5.74) is 2.46. The number of hydrogen-bond acceptors (Lipinski definition) is 1. The summed E-state index contributed by atoms with van der Waals surface area (Å²) in [7, 11) is 0. The Bertz CT molecular complexity index is 297. The van der Waals surface area contributed by atoms with Crippen LogP contribution in [0.15, 0.2) is 23.3 Å². The SMILES string of the molecule is CCCC=CCCC(C)C1=C(C)CCC1=O. The molecule has 0 aromatic carbocycles. The lowest BCUT2D eigenvalue weighted by molar-refractivity contribution is -0.115. The van der Waals surface area contributed by atoms with Crippen LogP contribution in [0.3, 0.4) is 0 Å². The fourth-order valence-corrected chi connectivity index (χ4v) is 2.40. The van der Waals surface area contributed by atoms with Crippen LogP contribution in [0.1, 0.15) is 59.3 Å². The lowest BCUT2D eigenvalue weighted by atomic mass is 9.92. The van der Waals surface area contributed by atoms with Crippen LogP contribution in [0.5, 0.6) is 0 Å². The van der Waals surface area contributed by atoms with E-state index in [9.17, 15) is 4.79 Å². The largest absolute Gasteiger partial charge is 0.295 e. The average molecular weight is 220 g/mol. The molecule has 0 aromatic rings. The molecule has 0 spiro atoms. The van der Waals surface area contributed by atoms with Crippen LogP contribution >= 0.6 is 0 Å². The zero-order valence-corrected chi connectivity index (χ0v) is 10.9. The van der Waals surface area contributed by atoms with Crippen molar-refractivity contribution in [2.24, 2.45) is 5.92 Å². The zero-order chi connectivity index (χ0) is 12.0. The zero-order valence-electron chi connectivity index (χ0n) is 10.9. The number of Topliss-reactive ketones (excluding diaryl/α,β-unsaturated/α-hetero) is 1. The summed E-state index contributed by atoms with van der Waals surface area (Å²) in [4.78, 5) is 11.7. The van der Waals surface area contributed by atoms with E-state index in [0.717, 1.165) is 31.3 Å². The van der Waals surface area contributed by atoms with Crippen molar-refractivity contribution >= 4 is 5.78 Å². The molecular weight excluding hydrogens is 196 g/mol. The van der Waals surface area contributed by atoms with E-state index >= 15 is 0 Å². The molecule has 0 amide bonds. The van der Waals surface area contributed by atoms with Gasteiger partial charge in [0.05, 0.1) is 0 Å². The Kier molecular flexibility index (Phi) is 5.51. The third kappa shape index (κ3) is 3.62. The molecule has 0 aromatic heterocycles. The maximum Gasteiger partial charge on any atom is 0.159 e. The molecule has 0 fully saturated rings. The first-order chi connectivity index (χ1) is 7.66. The van der Waals surface area contributed by atoms with Gasteiger partial charge in [-0.1, -0.05) is 38.0 Å². The van der Waals surface area contributed by atoms with Gasteiger partial charge in [-0.05, 0) is 44.1 Å². The van der Waals surface area contributed by atoms with E-state index in [-0.39, 0.29) is 0 Å². The minimum atomic E-state index is 0.391. The molecule has 0 aliphatic heterocycles. The second-order valence-electron chi connectivity index (χ2n) is 4.86. The number of carbonyl (C=O) groups is 1. The Balaban J connectivity index is 2.38. The number of unbranched alkanes of at least 4 members (excludes halogenated alkanes) is 1. The molecule has 0 saturated carbocycles. The van der Waals surface area contributed by atoms with E-state index in [0.29, 0.717) is 11.7 Å². The van der Waals surface area contributed by atoms with Gasteiger partial charge in [0.1, 0.15) is 0 Å². The number of ketones is 1. The molecule has 1 heteroatoms. The average Bonchev–Trinajstić information content (AvgIpc) is 2.58. The van der Waals surface area contributed by atoms with Crippen LogP contribution in [0.25, 0.3) is 0 Å². The van der Waals surface area contributed by atoms with Gasteiger partial charge in [0.15, 0.2) is 5.78 Å². The number of rotatable bonds is 6. The van der Waals surface area contributed by atoms with Crippen LogP contribution < -0.4 is 0 Å². The summed E-state index contributed by atoms with van der Waals surface area (Å²) in [6, 6.07) is 0. The van der Waals surface area contributed by atoms with Crippen LogP contribution in [-0.4, -0.2) is 5.78 Å². The number of carbonyl (C=O) groups excluding carboxylic acids is 1. The van der Waals surface area contributed by atoms with Gasteiger partial charge in [-0.2, -0.15) is 0 Å². The first kappa shape index (κ1) is 13.2. The molecule has 0 heterocycles. The highest BCUT2D eigenvalue weighted by Crippen LogP contribution is 2.30. The van der Waals surface area contributed by atoms with Crippen molar-refractivity contribution in [3.8, 4) is 0 Å². The normalized spacial score (nSPS) is 18.8. The topological polar surface area (TPSA) is 17.1 Å². The van der Waals surface area contributed by atoms with Crippen LogP contribution in [0, 0.1) is 5.92 Å². The van der Waals surface area contributed by atoms with E-state index in [4.69, 9.17) is 0 Å². The molecular formula is C15H24O. The summed E-state index contributed by atoms with van der Waals surface area (Å²) < 4.78 is 0. The maximum absolute atomic E-state index is 11.7. The van der Waals surface area contributed by atoms with Crippen molar-refractivity contribution < 1.29 is 4.79 Å². The molecule has 0 bridgehead atoms. The van der Waals surface area contributed by atoms with Gasteiger partial charge >= 0.3 is 0 Å². The van der Waals surface area contributed by atoms with Crippen molar-refractivity contribution in [2.75, 3.05) is 0 Å². The first-order valence-corrected chi connectivity index (χ1v) is 6.54. The Labute approximate surface area is 99.6 Å². The van der Waals surface area contributed by atoms with Crippen LogP contribution in [0.2, 0.25) is 0 Å². The summed E-state index contributed by atoms with van der Waals surface area (Å²) >= 11 is 0. The van der Waals surface area contributed by atoms with Gasteiger partial charge in [0.25, 0.3) is 0 Å². The Morgan fingerprint density at radius 3 is 2.50 bits per heavy atom. The Morgan fingerprint density at radius 1 is 1.25 bits per heavy atom. The van der Waals surface area contributed by atoms with Gasteiger partial charge in [0, 0.05) is 6.42 Å². The van der Waals surface area contributed by atoms with Gasteiger partial charge in [-0.15, -0.1) is 0 Å². The minimum Gasteiger partial charge on any atom is -0.295 e. The molecule has 1 nitrogen and oxygen atoms in total. The summed E-state index contributed by atoms with van der Waals surface area (Å²) in [6.45, 7) is 6.50. The molecule has 1 aliphatic carbocycles. The van der Waals surface area contributed by atoms with Gasteiger partial charge in [0.2, 0.25) is 0 Å². The van der Waals surface area contributed by atoms with E-state index in [2.05, 4.69) is 32.9 Å². The van der Waals surface area contributed by atoms with E-state index in [1.807, 2.05) is 0 Å². The van der Waals surface area contributed by atoms with Crippen molar-refractivity contribution in [3.05, 3.63) is 23.3 Å². The Morgan fingerprint density at radius 2 is 1.94 bits per heavy atom. The molecule has 1 unspecified atom stereocenters. The molecule has 0 N–H and O–H groups in total. The first-order valence-electron chi connectivity index (χ1n) is 6.54. The van der Waals surface area contributed by atoms with E-state index < -0.39 is 0 Å². The second kappa shape index (κ2) is 6.67. The van der Waals surface area contributed by atoms with Gasteiger partial charge in [-0.3, -0.25) is 4.79 Å². The van der Waals surface area contributed by atoms with Crippen LogP contribution in [-0.2, 0) is 4.79 Å². The quantitative estimate of drug-likeness (QED) is 0.605. The van der Waals surface area contributed by atoms with E-state index in [1.54, 1.807) is 0 Å². The smallest absolute Gasteiger partial charge is 0.159 e.